The molecule has 2 N–H and O–H groups in total. The Morgan fingerprint density at radius 1 is 1.25 bits per heavy atom. The molecule has 1 aromatic rings. The van der Waals surface area contributed by atoms with Crippen molar-refractivity contribution in [3.05, 3.63) is 46.2 Å². The van der Waals surface area contributed by atoms with Crippen LogP contribution in [0.5, 0.6) is 5.75 Å². The molecule has 12 nitrogen and oxygen atoms in total. The SMILES string of the molecule is CCC(=NOCC(C)Oc1ccc([N+](=O)[O-])cc1)C1C(=O)CC(C(OS(=O)(=O)O)C(C)CC)C=C1O. The molecule has 0 aliphatic heterocycles. The Labute approximate surface area is 210 Å². The molecule has 2 rings (SSSR count). The average Bonchev–Trinajstić information content (AvgIpc) is 2.80. The molecule has 0 aromatic heterocycles. The van der Waals surface area contributed by atoms with Gasteiger partial charge in [0, 0.05) is 24.5 Å². The van der Waals surface area contributed by atoms with Crippen molar-refractivity contribution in [3.63, 3.8) is 0 Å². The first-order chi connectivity index (χ1) is 16.9. The van der Waals surface area contributed by atoms with Gasteiger partial charge in [0.05, 0.1) is 16.7 Å². The molecule has 5 atom stereocenters. The fraction of sp³-hybridized carbons (Fsp3) is 0.565. The molecular formula is C23H32N2O10S. The number of ether oxygens (including phenoxy) is 1. The number of hydrogen-bond acceptors (Lipinski definition) is 10. The molecule has 5 unspecified atom stereocenters. The number of hydrogen-bond donors (Lipinski definition) is 2. The lowest BCUT2D eigenvalue weighted by atomic mass is 9.77. The monoisotopic (exact) mass is 528 g/mol. The van der Waals surface area contributed by atoms with E-state index in [1.807, 2.05) is 6.92 Å². The summed E-state index contributed by atoms with van der Waals surface area (Å²) < 4.78 is 42.2. The molecule has 1 aliphatic rings. The number of benzene rings is 1. The highest BCUT2D eigenvalue weighted by atomic mass is 32.3. The van der Waals surface area contributed by atoms with Crippen LogP contribution in [0.25, 0.3) is 0 Å². The molecule has 0 saturated heterocycles. The average molecular weight is 529 g/mol. The molecule has 36 heavy (non-hydrogen) atoms. The minimum Gasteiger partial charge on any atom is -0.511 e. The Morgan fingerprint density at radius 3 is 2.39 bits per heavy atom. The number of Topliss-reactive ketones (excluding diaryl/α,β-unsaturated/α-hetero) is 1. The van der Waals surface area contributed by atoms with Crippen LogP contribution in [0.4, 0.5) is 5.69 Å². The lowest BCUT2D eigenvalue weighted by Crippen LogP contribution is -2.39. The number of nitro groups is 1. The van der Waals surface area contributed by atoms with Crippen molar-refractivity contribution in [3.8, 4) is 5.75 Å². The van der Waals surface area contributed by atoms with Crippen LogP contribution in [0.2, 0.25) is 0 Å². The van der Waals surface area contributed by atoms with Gasteiger partial charge in [0.15, 0.2) is 6.61 Å². The molecule has 0 fully saturated rings. The number of allylic oxidation sites excluding steroid dienone is 1. The summed E-state index contributed by atoms with van der Waals surface area (Å²) in [7, 11) is -4.75. The van der Waals surface area contributed by atoms with Gasteiger partial charge in [-0.3, -0.25) is 19.5 Å². The van der Waals surface area contributed by atoms with Gasteiger partial charge in [0.2, 0.25) is 0 Å². The maximum atomic E-state index is 12.9. The van der Waals surface area contributed by atoms with Crippen LogP contribution in [0, 0.1) is 27.9 Å². The van der Waals surface area contributed by atoms with Crippen LogP contribution >= 0.6 is 0 Å². The van der Waals surface area contributed by atoms with Crippen molar-refractivity contribution in [1.82, 2.24) is 0 Å². The second-order valence-corrected chi connectivity index (χ2v) is 9.69. The summed E-state index contributed by atoms with van der Waals surface area (Å²) in [6.07, 6.45) is 0.591. The Balaban J connectivity index is 2.07. The van der Waals surface area contributed by atoms with Gasteiger partial charge in [0.1, 0.15) is 29.3 Å². The lowest BCUT2D eigenvalue weighted by molar-refractivity contribution is -0.384. The summed E-state index contributed by atoms with van der Waals surface area (Å²) in [5.74, 6) is -2.37. The van der Waals surface area contributed by atoms with E-state index < -0.39 is 39.4 Å². The fourth-order valence-electron chi connectivity index (χ4n) is 3.88. The normalized spacial score (nSPS) is 21.3. The number of aliphatic hydroxyl groups is 1. The number of nitro benzene ring substituents is 1. The predicted molar refractivity (Wildman–Crippen MR) is 130 cm³/mol. The predicted octanol–water partition coefficient (Wildman–Crippen LogP) is 4.03. The van der Waals surface area contributed by atoms with Crippen LogP contribution in [0.3, 0.4) is 0 Å². The highest BCUT2D eigenvalue weighted by molar-refractivity contribution is 7.80. The summed E-state index contributed by atoms with van der Waals surface area (Å²) in [4.78, 5) is 28.5. The van der Waals surface area contributed by atoms with Crippen molar-refractivity contribution in [1.29, 1.82) is 0 Å². The summed E-state index contributed by atoms with van der Waals surface area (Å²) >= 11 is 0. The van der Waals surface area contributed by atoms with Crippen LogP contribution in [-0.4, -0.2) is 53.3 Å². The Kier molecular flexibility index (Phi) is 10.4. The highest BCUT2D eigenvalue weighted by Gasteiger charge is 2.40. The van der Waals surface area contributed by atoms with E-state index in [4.69, 9.17) is 18.3 Å². The molecule has 0 bridgehead atoms. The number of ketones is 1. The van der Waals surface area contributed by atoms with Gasteiger partial charge in [-0.15, -0.1) is 0 Å². The smallest absolute Gasteiger partial charge is 0.397 e. The van der Waals surface area contributed by atoms with Crippen LogP contribution in [0.15, 0.2) is 41.3 Å². The largest absolute Gasteiger partial charge is 0.511 e. The third-order valence-electron chi connectivity index (χ3n) is 5.87. The fourth-order valence-corrected chi connectivity index (χ4v) is 4.49. The molecule has 0 heterocycles. The maximum Gasteiger partial charge on any atom is 0.397 e. The minimum absolute atomic E-state index is 0.00673. The van der Waals surface area contributed by atoms with E-state index in [2.05, 4.69) is 5.16 Å². The second-order valence-electron chi connectivity index (χ2n) is 8.64. The zero-order chi connectivity index (χ0) is 27.0. The minimum atomic E-state index is -4.75. The third-order valence-corrected chi connectivity index (χ3v) is 6.34. The van der Waals surface area contributed by atoms with Crippen molar-refractivity contribution in [2.45, 2.75) is 59.2 Å². The van der Waals surface area contributed by atoms with Crippen molar-refractivity contribution in [2.24, 2.45) is 22.9 Å². The van der Waals surface area contributed by atoms with E-state index >= 15 is 0 Å². The van der Waals surface area contributed by atoms with E-state index in [9.17, 15) is 28.4 Å². The first kappa shape index (κ1) is 29.2. The van der Waals surface area contributed by atoms with Gasteiger partial charge < -0.3 is 14.7 Å². The van der Waals surface area contributed by atoms with Crippen LogP contribution < -0.4 is 4.74 Å². The summed E-state index contributed by atoms with van der Waals surface area (Å²) in [6, 6.07) is 5.57. The number of oxime groups is 1. The van der Waals surface area contributed by atoms with Crippen LogP contribution in [-0.2, 0) is 24.2 Å². The van der Waals surface area contributed by atoms with Gasteiger partial charge in [-0.25, -0.2) is 4.18 Å². The maximum absolute atomic E-state index is 12.9. The quantitative estimate of drug-likeness (QED) is 0.165. The van der Waals surface area contributed by atoms with Gasteiger partial charge in [-0.2, -0.15) is 8.42 Å². The number of aliphatic hydroxyl groups excluding tert-OH is 1. The number of carbonyl (C=O) groups is 1. The topological polar surface area (TPSA) is 175 Å². The molecule has 200 valence electrons. The second kappa shape index (κ2) is 12.8. The van der Waals surface area contributed by atoms with Gasteiger partial charge in [-0.1, -0.05) is 32.3 Å². The van der Waals surface area contributed by atoms with Crippen molar-refractivity contribution < 1.29 is 41.6 Å². The number of nitrogens with zero attached hydrogens (tertiary/aromatic N) is 2. The third kappa shape index (κ3) is 8.28. The highest BCUT2D eigenvalue weighted by Crippen LogP contribution is 2.33. The standard InChI is InChI=1S/C23H32N2O10S/c1-5-14(3)23(35-36(30,31)32)16-11-20(26)22(21(27)12-16)19(6-2)24-33-13-15(4)34-18-9-7-17(8-10-18)25(28)29/h7-11,14-16,22-23,26H,5-6,12-13H2,1-4H3,(H,30,31,32). The molecule has 13 heteroatoms. The Morgan fingerprint density at radius 2 is 1.89 bits per heavy atom. The molecular weight excluding hydrogens is 496 g/mol. The lowest BCUT2D eigenvalue weighted by Gasteiger charge is -2.32. The molecule has 1 aliphatic carbocycles. The van der Waals surface area contributed by atoms with Crippen LogP contribution in [0.1, 0.15) is 47.0 Å². The summed E-state index contributed by atoms with van der Waals surface area (Å²) in [5.41, 5.74) is 0.223. The van der Waals surface area contributed by atoms with E-state index in [1.54, 1.807) is 20.8 Å². The summed E-state index contributed by atoms with van der Waals surface area (Å²) in [6.45, 7) is 7.00. The van der Waals surface area contributed by atoms with Gasteiger partial charge >= 0.3 is 10.4 Å². The van der Waals surface area contributed by atoms with Gasteiger partial charge in [-0.05, 0) is 37.5 Å². The van der Waals surface area contributed by atoms with E-state index in [-0.39, 0.29) is 41.9 Å². The van der Waals surface area contributed by atoms with E-state index in [0.29, 0.717) is 18.6 Å². The summed E-state index contributed by atoms with van der Waals surface area (Å²) in [5, 5.41) is 25.4. The molecule has 0 spiro atoms. The van der Waals surface area contributed by atoms with E-state index in [1.165, 1.54) is 30.3 Å². The first-order valence-corrected chi connectivity index (χ1v) is 12.9. The zero-order valence-electron chi connectivity index (χ0n) is 20.6. The van der Waals surface area contributed by atoms with Crippen molar-refractivity contribution >= 4 is 27.6 Å². The number of rotatable bonds is 13. The number of carbonyl (C=O) groups excluding carboxylic acids is 1. The van der Waals surface area contributed by atoms with Crippen molar-refractivity contribution in [2.75, 3.05) is 6.61 Å². The zero-order valence-corrected chi connectivity index (χ0v) is 21.4. The Hall–Kier alpha value is -3.03. The Bertz CT molecular complexity index is 1080. The van der Waals surface area contributed by atoms with E-state index in [0.717, 1.165) is 0 Å². The first-order valence-electron chi connectivity index (χ1n) is 11.5. The molecule has 0 saturated carbocycles. The molecule has 1 aromatic carbocycles. The molecule has 0 amide bonds. The molecule has 0 radical (unpaired) electrons. The van der Waals surface area contributed by atoms with Gasteiger partial charge in [0.25, 0.3) is 5.69 Å². The number of non-ortho nitro benzene ring substituents is 1.